The molecule has 6 heteroatoms. The highest BCUT2D eigenvalue weighted by atomic mass is 79.9. The monoisotopic (exact) mass is 383 g/mol. The van der Waals surface area contributed by atoms with Crippen LogP contribution < -0.4 is 10.6 Å². The number of aliphatic imine (C=N–C) groups is 1. The maximum Gasteiger partial charge on any atom is 0.191 e. The van der Waals surface area contributed by atoms with Gasteiger partial charge in [0, 0.05) is 51.2 Å². The van der Waals surface area contributed by atoms with E-state index in [0.29, 0.717) is 0 Å². The molecule has 0 amide bonds. The molecule has 1 fully saturated rings. The van der Waals surface area contributed by atoms with Gasteiger partial charge in [0.2, 0.25) is 0 Å². The second-order valence-corrected chi connectivity index (χ2v) is 6.67. The van der Waals surface area contributed by atoms with E-state index in [2.05, 4.69) is 44.5 Å². The van der Waals surface area contributed by atoms with Gasteiger partial charge in [0.25, 0.3) is 0 Å². The lowest BCUT2D eigenvalue weighted by Gasteiger charge is -2.36. The fourth-order valence-corrected chi connectivity index (χ4v) is 3.37. The maximum atomic E-state index is 5.75. The van der Waals surface area contributed by atoms with Crippen molar-refractivity contribution in [1.82, 2.24) is 10.6 Å². The van der Waals surface area contributed by atoms with Crippen LogP contribution >= 0.6 is 15.9 Å². The number of rotatable bonds is 5. The van der Waals surface area contributed by atoms with Crippen molar-refractivity contribution < 1.29 is 9.47 Å². The topological polar surface area (TPSA) is 54.9 Å². The molecule has 0 bridgehead atoms. The van der Waals surface area contributed by atoms with Crippen LogP contribution in [0.4, 0.5) is 0 Å². The highest BCUT2D eigenvalue weighted by Gasteiger charge is 2.32. The molecule has 1 aromatic carbocycles. The highest BCUT2D eigenvalue weighted by Crippen LogP contribution is 2.24. The molecule has 0 radical (unpaired) electrons. The first-order chi connectivity index (χ1) is 11.1. The van der Waals surface area contributed by atoms with Crippen LogP contribution in [-0.4, -0.2) is 45.5 Å². The summed E-state index contributed by atoms with van der Waals surface area (Å²) in [5, 5.41) is 6.82. The zero-order valence-corrected chi connectivity index (χ0v) is 15.6. The Balaban J connectivity index is 1.94. The molecule has 2 rings (SSSR count). The smallest absolute Gasteiger partial charge is 0.191 e. The molecular weight excluding hydrogens is 358 g/mol. The molecule has 5 nitrogen and oxygen atoms in total. The van der Waals surface area contributed by atoms with Gasteiger partial charge in [-0.2, -0.15) is 0 Å². The third-order valence-electron chi connectivity index (χ3n) is 4.36. The summed E-state index contributed by atoms with van der Waals surface area (Å²) in [7, 11) is 3.55. The maximum absolute atomic E-state index is 5.75. The minimum absolute atomic E-state index is 0.143. The molecule has 0 saturated carbocycles. The number of hydrogen-bond donors (Lipinski definition) is 2. The summed E-state index contributed by atoms with van der Waals surface area (Å²) in [5.74, 6) is 0.774. The standard InChI is InChI=1S/C17H26BrN3O2/c1-13(14-6-4-5-7-15(14)18)21-16(19-2)20-12-17(22-3)8-10-23-11-9-17/h4-7,13H,8-12H2,1-3H3,(H2,19,20,21). The minimum atomic E-state index is -0.174. The van der Waals surface area contributed by atoms with Crippen LogP contribution in [0.2, 0.25) is 0 Å². The first-order valence-corrected chi connectivity index (χ1v) is 8.74. The largest absolute Gasteiger partial charge is 0.381 e. The summed E-state index contributed by atoms with van der Waals surface area (Å²) >= 11 is 3.60. The van der Waals surface area contributed by atoms with Gasteiger partial charge in [-0.15, -0.1) is 0 Å². The number of nitrogens with zero attached hydrogens (tertiary/aromatic N) is 1. The molecule has 0 aliphatic carbocycles. The first kappa shape index (κ1) is 18.2. The fourth-order valence-electron chi connectivity index (χ4n) is 2.75. The molecule has 1 unspecified atom stereocenters. The van der Waals surface area contributed by atoms with Gasteiger partial charge in [-0.25, -0.2) is 0 Å². The van der Waals surface area contributed by atoms with Gasteiger partial charge < -0.3 is 20.1 Å². The number of ether oxygens (including phenoxy) is 2. The first-order valence-electron chi connectivity index (χ1n) is 7.95. The van der Waals surface area contributed by atoms with Gasteiger partial charge in [-0.05, 0) is 18.6 Å². The van der Waals surface area contributed by atoms with Gasteiger partial charge in [0.15, 0.2) is 5.96 Å². The van der Waals surface area contributed by atoms with E-state index in [4.69, 9.17) is 9.47 Å². The number of guanidine groups is 1. The zero-order valence-electron chi connectivity index (χ0n) is 14.1. The molecule has 1 aliphatic rings. The summed E-state index contributed by atoms with van der Waals surface area (Å²) in [6.45, 7) is 4.33. The third kappa shape index (κ3) is 4.93. The predicted octanol–water partition coefficient (Wildman–Crippen LogP) is 2.87. The number of hydrogen-bond acceptors (Lipinski definition) is 3. The minimum Gasteiger partial charge on any atom is -0.381 e. The van der Waals surface area contributed by atoms with Crippen LogP contribution in [0.5, 0.6) is 0 Å². The van der Waals surface area contributed by atoms with Gasteiger partial charge in [-0.3, -0.25) is 4.99 Å². The Morgan fingerprint density at radius 3 is 2.70 bits per heavy atom. The van der Waals surface area contributed by atoms with E-state index in [-0.39, 0.29) is 11.6 Å². The van der Waals surface area contributed by atoms with E-state index in [1.54, 1.807) is 14.2 Å². The Kier molecular flexibility index (Phi) is 6.87. The fraction of sp³-hybridized carbons (Fsp3) is 0.588. The summed E-state index contributed by atoms with van der Waals surface area (Å²) in [6.07, 6.45) is 1.79. The van der Waals surface area contributed by atoms with E-state index < -0.39 is 0 Å². The molecule has 23 heavy (non-hydrogen) atoms. The molecule has 1 atom stereocenters. The molecule has 128 valence electrons. The van der Waals surface area contributed by atoms with E-state index in [9.17, 15) is 0 Å². The summed E-state index contributed by atoms with van der Waals surface area (Å²) in [6, 6.07) is 8.34. The summed E-state index contributed by atoms with van der Waals surface area (Å²) < 4.78 is 12.3. The molecule has 1 aromatic rings. The van der Waals surface area contributed by atoms with Crippen molar-refractivity contribution in [3.8, 4) is 0 Å². The Hall–Kier alpha value is -1.11. The average molecular weight is 384 g/mol. The van der Waals surface area contributed by atoms with Gasteiger partial charge in [-0.1, -0.05) is 34.1 Å². The Labute approximate surface area is 147 Å². The van der Waals surface area contributed by atoms with Crippen LogP contribution in [-0.2, 0) is 9.47 Å². The molecule has 2 N–H and O–H groups in total. The van der Waals surface area contributed by atoms with Crippen molar-refractivity contribution >= 4 is 21.9 Å². The van der Waals surface area contributed by atoms with Crippen LogP contribution in [0.15, 0.2) is 33.7 Å². The summed E-state index contributed by atoms with van der Waals surface area (Å²) in [5.41, 5.74) is 1.02. The second kappa shape index (κ2) is 8.66. The van der Waals surface area contributed by atoms with Crippen molar-refractivity contribution in [2.24, 2.45) is 4.99 Å². The average Bonchev–Trinajstić information content (AvgIpc) is 2.59. The van der Waals surface area contributed by atoms with Crippen molar-refractivity contribution in [2.45, 2.75) is 31.4 Å². The second-order valence-electron chi connectivity index (χ2n) is 5.81. The number of nitrogens with one attached hydrogen (secondary N) is 2. The van der Waals surface area contributed by atoms with Gasteiger partial charge in [0.05, 0.1) is 11.6 Å². The highest BCUT2D eigenvalue weighted by molar-refractivity contribution is 9.10. The number of halogens is 1. The van der Waals surface area contributed by atoms with Gasteiger partial charge >= 0.3 is 0 Å². The van der Waals surface area contributed by atoms with Crippen molar-refractivity contribution in [2.75, 3.05) is 33.9 Å². The van der Waals surface area contributed by atoms with E-state index >= 15 is 0 Å². The van der Waals surface area contributed by atoms with E-state index in [1.165, 1.54) is 5.56 Å². The Morgan fingerprint density at radius 2 is 2.09 bits per heavy atom. The number of benzene rings is 1. The normalized spacial score (nSPS) is 19.2. The number of methoxy groups -OCH3 is 1. The lowest BCUT2D eigenvalue weighted by Crippen LogP contribution is -2.51. The van der Waals surface area contributed by atoms with Crippen molar-refractivity contribution in [3.05, 3.63) is 34.3 Å². The SMILES string of the molecule is CN=C(NCC1(OC)CCOCC1)NC(C)c1ccccc1Br. The van der Waals surface area contributed by atoms with Crippen LogP contribution in [0.1, 0.15) is 31.4 Å². The zero-order chi connectivity index (χ0) is 16.7. The molecule has 0 spiro atoms. The van der Waals surface area contributed by atoms with Gasteiger partial charge in [0.1, 0.15) is 0 Å². The predicted molar refractivity (Wildman–Crippen MR) is 96.8 cm³/mol. The van der Waals surface area contributed by atoms with Crippen LogP contribution in [0.25, 0.3) is 0 Å². The van der Waals surface area contributed by atoms with Crippen molar-refractivity contribution in [3.63, 3.8) is 0 Å². The van der Waals surface area contributed by atoms with E-state index in [1.807, 2.05) is 18.2 Å². The van der Waals surface area contributed by atoms with Crippen LogP contribution in [0, 0.1) is 0 Å². The molecular formula is C17H26BrN3O2. The van der Waals surface area contributed by atoms with Crippen LogP contribution in [0.3, 0.4) is 0 Å². The molecule has 1 saturated heterocycles. The molecule has 0 aromatic heterocycles. The molecule has 1 aliphatic heterocycles. The quantitative estimate of drug-likeness (QED) is 0.606. The Morgan fingerprint density at radius 1 is 1.39 bits per heavy atom. The third-order valence-corrected chi connectivity index (χ3v) is 5.09. The lowest BCUT2D eigenvalue weighted by molar-refractivity contribution is -0.0855. The van der Waals surface area contributed by atoms with E-state index in [0.717, 1.165) is 43.0 Å². The summed E-state index contributed by atoms with van der Waals surface area (Å²) in [4.78, 5) is 4.33. The Bertz CT molecular complexity index is 530. The van der Waals surface area contributed by atoms with Crippen molar-refractivity contribution in [1.29, 1.82) is 0 Å². The lowest BCUT2D eigenvalue weighted by atomic mass is 9.94. The molecule has 1 heterocycles.